The Morgan fingerprint density at radius 2 is 1.53 bits per heavy atom. The Morgan fingerprint density at radius 3 is 2.05 bits per heavy atom. The maximum atomic E-state index is 11.3. The molecule has 0 aliphatic carbocycles. The topological polar surface area (TPSA) is 38.8 Å². The number of hydrogen-bond donors (Lipinski definition) is 1. The van der Waals surface area contributed by atoms with Crippen LogP contribution >= 0.6 is 0 Å². The number of piperazine rings is 2. The van der Waals surface area contributed by atoms with E-state index in [9.17, 15) is 4.79 Å². The van der Waals surface area contributed by atoms with Gasteiger partial charge >= 0.3 is 0 Å². The molecule has 2 fully saturated rings. The Bertz CT molecular complexity index is 283. The summed E-state index contributed by atoms with van der Waals surface area (Å²) < 4.78 is 0. The van der Waals surface area contributed by atoms with E-state index < -0.39 is 0 Å². The maximum absolute atomic E-state index is 11.3. The van der Waals surface area contributed by atoms with Gasteiger partial charge in [0.05, 0.1) is 0 Å². The van der Waals surface area contributed by atoms with Gasteiger partial charge in [-0.25, -0.2) is 0 Å². The van der Waals surface area contributed by atoms with Crippen LogP contribution in [0.3, 0.4) is 0 Å². The van der Waals surface area contributed by atoms with Crippen LogP contribution in [0, 0.1) is 5.92 Å². The molecule has 0 saturated carbocycles. The van der Waals surface area contributed by atoms with E-state index >= 15 is 0 Å². The number of amides is 1. The highest BCUT2D eigenvalue weighted by molar-refractivity contribution is 5.73. The van der Waals surface area contributed by atoms with Crippen LogP contribution in [0.25, 0.3) is 0 Å². The van der Waals surface area contributed by atoms with Gasteiger partial charge in [-0.2, -0.15) is 0 Å². The lowest BCUT2D eigenvalue weighted by molar-refractivity contribution is -0.130. The van der Waals surface area contributed by atoms with Gasteiger partial charge in [0.1, 0.15) is 0 Å². The molecule has 5 nitrogen and oxygen atoms in total. The Kier molecular flexibility index (Phi) is 5.60. The highest BCUT2D eigenvalue weighted by atomic mass is 16.2. The van der Waals surface area contributed by atoms with Gasteiger partial charge in [-0.1, -0.05) is 6.92 Å². The highest BCUT2D eigenvalue weighted by Gasteiger charge is 2.21. The van der Waals surface area contributed by atoms with Crippen LogP contribution in [0.5, 0.6) is 0 Å². The van der Waals surface area contributed by atoms with E-state index in [1.807, 2.05) is 4.90 Å². The molecule has 0 radical (unpaired) electrons. The van der Waals surface area contributed by atoms with Crippen LogP contribution in [0.15, 0.2) is 0 Å². The molecule has 2 aliphatic heterocycles. The van der Waals surface area contributed by atoms with Crippen molar-refractivity contribution in [2.45, 2.75) is 13.8 Å². The molecule has 0 aromatic carbocycles. The first-order valence-corrected chi connectivity index (χ1v) is 7.56. The van der Waals surface area contributed by atoms with E-state index in [0.29, 0.717) is 5.92 Å². The summed E-state index contributed by atoms with van der Waals surface area (Å²) in [5, 5.41) is 3.40. The number of carbonyl (C=O) groups excluding carboxylic acids is 1. The zero-order chi connectivity index (χ0) is 13.7. The summed E-state index contributed by atoms with van der Waals surface area (Å²) in [6, 6.07) is 0. The first-order valence-electron chi connectivity index (χ1n) is 7.56. The van der Waals surface area contributed by atoms with Crippen molar-refractivity contribution in [3.8, 4) is 0 Å². The third-order valence-corrected chi connectivity index (χ3v) is 4.17. The van der Waals surface area contributed by atoms with Crippen molar-refractivity contribution < 1.29 is 4.79 Å². The minimum atomic E-state index is 0.216. The minimum absolute atomic E-state index is 0.216. The summed E-state index contributed by atoms with van der Waals surface area (Å²) in [7, 11) is 0. The largest absolute Gasteiger partial charge is 0.340 e. The Morgan fingerprint density at radius 1 is 1.00 bits per heavy atom. The third kappa shape index (κ3) is 4.75. The summed E-state index contributed by atoms with van der Waals surface area (Å²) >= 11 is 0. The van der Waals surface area contributed by atoms with Crippen molar-refractivity contribution >= 4 is 5.91 Å². The highest BCUT2D eigenvalue weighted by Crippen LogP contribution is 2.08. The van der Waals surface area contributed by atoms with Crippen molar-refractivity contribution in [1.29, 1.82) is 0 Å². The molecule has 19 heavy (non-hydrogen) atoms. The van der Waals surface area contributed by atoms with Gasteiger partial charge in [-0.15, -0.1) is 0 Å². The van der Waals surface area contributed by atoms with E-state index in [1.165, 1.54) is 19.6 Å². The molecule has 1 amide bonds. The zero-order valence-electron chi connectivity index (χ0n) is 12.4. The molecule has 2 aliphatic rings. The molecule has 2 rings (SSSR count). The average molecular weight is 268 g/mol. The molecule has 1 N–H and O–H groups in total. The SMILES string of the molecule is CC(=O)N1CCN(CC(C)CN2CCNCC2)CC1. The number of hydrogen-bond acceptors (Lipinski definition) is 4. The molecule has 2 saturated heterocycles. The van der Waals surface area contributed by atoms with Gasteiger partial charge in [-0.05, 0) is 5.92 Å². The molecule has 5 heteroatoms. The average Bonchev–Trinajstić information content (AvgIpc) is 2.40. The maximum Gasteiger partial charge on any atom is 0.219 e. The van der Waals surface area contributed by atoms with Crippen LogP contribution in [0.2, 0.25) is 0 Å². The summed E-state index contributed by atoms with van der Waals surface area (Å²) in [5.41, 5.74) is 0. The van der Waals surface area contributed by atoms with Crippen LogP contribution in [0.4, 0.5) is 0 Å². The fourth-order valence-corrected chi connectivity index (χ4v) is 3.08. The van der Waals surface area contributed by atoms with E-state index in [2.05, 4.69) is 22.0 Å². The smallest absolute Gasteiger partial charge is 0.219 e. The first kappa shape index (κ1) is 14.8. The van der Waals surface area contributed by atoms with Gasteiger partial charge < -0.3 is 15.1 Å². The van der Waals surface area contributed by atoms with E-state index in [0.717, 1.165) is 45.8 Å². The van der Waals surface area contributed by atoms with Crippen LogP contribution in [-0.2, 0) is 4.79 Å². The quantitative estimate of drug-likeness (QED) is 0.759. The Hall–Kier alpha value is -0.650. The molecule has 1 unspecified atom stereocenters. The third-order valence-electron chi connectivity index (χ3n) is 4.17. The zero-order valence-corrected chi connectivity index (χ0v) is 12.4. The molecule has 0 spiro atoms. The fraction of sp³-hybridized carbons (Fsp3) is 0.929. The van der Waals surface area contributed by atoms with Crippen molar-refractivity contribution in [1.82, 2.24) is 20.0 Å². The van der Waals surface area contributed by atoms with E-state index in [1.54, 1.807) is 6.92 Å². The fourth-order valence-electron chi connectivity index (χ4n) is 3.08. The van der Waals surface area contributed by atoms with Crippen molar-refractivity contribution in [2.24, 2.45) is 5.92 Å². The molecule has 2 heterocycles. The van der Waals surface area contributed by atoms with Gasteiger partial charge in [-0.3, -0.25) is 9.69 Å². The monoisotopic (exact) mass is 268 g/mol. The van der Waals surface area contributed by atoms with Gasteiger partial charge in [0.25, 0.3) is 0 Å². The molecule has 1 atom stereocenters. The number of nitrogens with one attached hydrogen (secondary N) is 1. The van der Waals surface area contributed by atoms with Crippen molar-refractivity contribution in [2.75, 3.05) is 65.4 Å². The number of nitrogens with zero attached hydrogens (tertiary/aromatic N) is 3. The molecule has 0 bridgehead atoms. The van der Waals surface area contributed by atoms with Crippen molar-refractivity contribution in [3.05, 3.63) is 0 Å². The standard InChI is InChI=1S/C14H28N4O/c1-13(11-16-5-3-15-4-6-16)12-17-7-9-18(10-8-17)14(2)19/h13,15H,3-12H2,1-2H3. The lowest BCUT2D eigenvalue weighted by Gasteiger charge is -2.37. The van der Waals surface area contributed by atoms with Gasteiger partial charge in [0, 0.05) is 72.4 Å². The lowest BCUT2D eigenvalue weighted by Crippen LogP contribution is -2.50. The molecule has 110 valence electrons. The lowest BCUT2D eigenvalue weighted by atomic mass is 10.1. The predicted molar refractivity (Wildman–Crippen MR) is 77.2 cm³/mol. The second-order valence-corrected chi connectivity index (χ2v) is 5.96. The summed E-state index contributed by atoms with van der Waals surface area (Å²) in [5.74, 6) is 0.926. The Balaban J connectivity index is 1.65. The summed E-state index contributed by atoms with van der Waals surface area (Å²) in [6.07, 6.45) is 0. The van der Waals surface area contributed by atoms with Crippen LogP contribution in [0.1, 0.15) is 13.8 Å². The van der Waals surface area contributed by atoms with Crippen molar-refractivity contribution in [3.63, 3.8) is 0 Å². The second kappa shape index (κ2) is 7.22. The molecular weight excluding hydrogens is 240 g/mol. The number of carbonyl (C=O) groups is 1. The first-order chi connectivity index (χ1) is 9.15. The van der Waals surface area contributed by atoms with E-state index in [-0.39, 0.29) is 5.91 Å². The second-order valence-electron chi connectivity index (χ2n) is 5.96. The minimum Gasteiger partial charge on any atom is -0.340 e. The molecule has 0 aromatic rings. The normalized spacial score (nSPS) is 24.4. The predicted octanol–water partition coefficient (Wildman–Crippen LogP) is -0.308. The summed E-state index contributed by atoms with van der Waals surface area (Å²) in [4.78, 5) is 18.3. The Labute approximate surface area is 116 Å². The number of rotatable bonds is 4. The van der Waals surface area contributed by atoms with E-state index in [4.69, 9.17) is 0 Å². The molecular formula is C14H28N4O. The molecule has 0 aromatic heterocycles. The summed E-state index contributed by atoms with van der Waals surface area (Å²) in [6.45, 7) is 14.9. The van der Waals surface area contributed by atoms with Gasteiger partial charge in [0.15, 0.2) is 0 Å². The van der Waals surface area contributed by atoms with Crippen LogP contribution < -0.4 is 5.32 Å². The van der Waals surface area contributed by atoms with Gasteiger partial charge in [0.2, 0.25) is 5.91 Å². The van der Waals surface area contributed by atoms with Crippen LogP contribution in [-0.4, -0.2) is 86.1 Å².